The number of amides is 2. The highest BCUT2D eigenvalue weighted by atomic mass is 35.5. The Morgan fingerprint density at radius 2 is 1.85 bits per heavy atom. The molecule has 26 heavy (non-hydrogen) atoms. The number of rotatable bonds is 3. The highest BCUT2D eigenvalue weighted by Crippen LogP contribution is 2.27. The lowest BCUT2D eigenvalue weighted by atomic mass is 10.0. The summed E-state index contributed by atoms with van der Waals surface area (Å²) in [4.78, 5) is 28.6. The third kappa shape index (κ3) is 5.27. The van der Waals surface area contributed by atoms with Crippen LogP contribution in [0, 0.1) is 0 Å². The molecule has 0 radical (unpaired) electrons. The van der Waals surface area contributed by atoms with Crippen LogP contribution in [0.3, 0.4) is 0 Å². The summed E-state index contributed by atoms with van der Waals surface area (Å²) in [5, 5.41) is 1.04. The van der Waals surface area contributed by atoms with Gasteiger partial charge in [0.1, 0.15) is 11.6 Å². The third-order valence-corrected chi connectivity index (χ3v) is 4.96. The number of benzene rings is 1. The van der Waals surface area contributed by atoms with Crippen LogP contribution in [-0.4, -0.2) is 47.0 Å². The summed E-state index contributed by atoms with van der Waals surface area (Å²) in [7, 11) is 1.70. The minimum atomic E-state index is -0.598. The van der Waals surface area contributed by atoms with Gasteiger partial charge in [0, 0.05) is 35.7 Å². The van der Waals surface area contributed by atoms with Gasteiger partial charge in [-0.3, -0.25) is 9.69 Å². The molecule has 0 spiro atoms. The molecule has 1 saturated heterocycles. The highest BCUT2D eigenvalue weighted by Gasteiger charge is 2.36. The van der Waals surface area contributed by atoms with Crippen LogP contribution in [0.25, 0.3) is 0 Å². The molecule has 1 aliphatic heterocycles. The number of piperidine rings is 1. The summed E-state index contributed by atoms with van der Waals surface area (Å²) in [5.41, 5.74) is 0.102. The van der Waals surface area contributed by atoms with Crippen molar-refractivity contribution in [2.45, 2.75) is 58.2 Å². The topological polar surface area (TPSA) is 49.9 Å². The van der Waals surface area contributed by atoms with E-state index in [1.807, 2.05) is 20.8 Å². The molecule has 1 fully saturated rings. The van der Waals surface area contributed by atoms with Crippen LogP contribution in [0.2, 0.25) is 10.0 Å². The Morgan fingerprint density at radius 1 is 1.23 bits per heavy atom. The van der Waals surface area contributed by atoms with Crippen molar-refractivity contribution < 1.29 is 14.3 Å². The molecule has 144 valence electrons. The van der Waals surface area contributed by atoms with E-state index in [2.05, 4.69) is 0 Å². The molecule has 1 atom stereocenters. The normalized spacial score (nSPS) is 17.8. The summed E-state index contributed by atoms with van der Waals surface area (Å²) >= 11 is 12.4. The number of halogens is 2. The van der Waals surface area contributed by atoms with Crippen molar-refractivity contribution in [1.82, 2.24) is 9.80 Å². The van der Waals surface area contributed by atoms with E-state index >= 15 is 0 Å². The quantitative estimate of drug-likeness (QED) is 0.735. The van der Waals surface area contributed by atoms with Gasteiger partial charge in [0.05, 0.1) is 0 Å². The van der Waals surface area contributed by atoms with Crippen molar-refractivity contribution in [2.24, 2.45) is 0 Å². The predicted octanol–water partition coefficient (Wildman–Crippen LogP) is 4.74. The fraction of sp³-hybridized carbons (Fsp3) is 0.579. The van der Waals surface area contributed by atoms with Crippen molar-refractivity contribution in [1.29, 1.82) is 0 Å². The number of likely N-dealkylation sites (N-methyl/N-ethyl adjacent to an activating group) is 1. The molecule has 0 saturated carbocycles. The van der Waals surface area contributed by atoms with Gasteiger partial charge >= 0.3 is 6.09 Å². The van der Waals surface area contributed by atoms with Gasteiger partial charge in [-0.2, -0.15) is 0 Å². The summed E-state index contributed by atoms with van der Waals surface area (Å²) in [6.07, 6.45) is 1.94. The summed E-state index contributed by atoms with van der Waals surface area (Å²) < 4.78 is 5.47. The molecular weight excluding hydrogens is 375 g/mol. The van der Waals surface area contributed by atoms with E-state index in [1.165, 1.54) is 0 Å². The molecule has 0 aromatic heterocycles. The molecule has 0 bridgehead atoms. The molecule has 0 N–H and O–H groups in total. The SMILES string of the molecule is CN(Cc1c(Cl)cccc1Cl)C(=O)[C@H]1CCCCN1C(=O)OC(C)(C)C. The standard InChI is InChI=1S/C19H26Cl2N2O3/c1-19(2,3)26-18(25)23-11-6-5-10-16(23)17(24)22(4)12-13-14(20)8-7-9-15(13)21/h7-9,16H,5-6,10-12H2,1-4H3/t16-/m1/s1. The Labute approximate surface area is 165 Å². The van der Waals surface area contributed by atoms with Crippen LogP contribution in [0.1, 0.15) is 45.6 Å². The van der Waals surface area contributed by atoms with Crippen LogP contribution < -0.4 is 0 Å². The lowest BCUT2D eigenvalue weighted by Crippen LogP contribution is -2.53. The maximum atomic E-state index is 13.0. The average Bonchev–Trinajstić information content (AvgIpc) is 2.56. The van der Waals surface area contributed by atoms with Crippen LogP contribution >= 0.6 is 23.2 Å². The predicted molar refractivity (Wildman–Crippen MR) is 104 cm³/mol. The van der Waals surface area contributed by atoms with Gasteiger partial charge < -0.3 is 9.64 Å². The van der Waals surface area contributed by atoms with Crippen molar-refractivity contribution in [3.05, 3.63) is 33.8 Å². The summed E-state index contributed by atoms with van der Waals surface area (Å²) in [6, 6.07) is 4.73. The van der Waals surface area contributed by atoms with Crippen molar-refractivity contribution >= 4 is 35.2 Å². The molecule has 1 heterocycles. The minimum absolute atomic E-state index is 0.133. The zero-order chi connectivity index (χ0) is 19.5. The zero-order valence-electron chi connectivity index (χ0n) is 15.7. The first-order valence-corrected chi connectivity index (χ1v) is 9.53. The fourth-order valence-electron chi connectivity index (χ4n) is 2.98. The van der Waals surface area contributed by atoms with Crippen LogP contribution in [-0.2, 0) is 16.1 Å². The first kappa shape index (κ1) is 20.8. The molecule has 0 aliphatic carbocycles. The highest BCUT2D eigenvalue weighted by molar-refractivity contribution is 6.36. The second-order valence-corrected chi connectivity index (χ2v) is 8.39. The molecule has 2 amide bonds. The lowest BCUT2D eigenvalue weighted by Gasteiger charge is -2.37. The molecule has 1 aliphatic rings. The lowest BCUT2D eigenvalue weighted by molar-refractivity contribution is -0.137. The van der Waals surface area contributed by atoms with Gasteiger partial charge in [-0.1, -0.05) is 29.3 Å². The van der Waals surface area contributed by atoms with Gasteiger partial charge in [-0.05, 0) is 52.2 Å². The molecule has 0 unspecified atom stereocenters. The van der Waals surface area contributed by atoms with Crippen molar-refractivity contribution in [2.75, 3.05) is 13.6 Å². The van der Waals surface area contributed by atoms with Gasteiger partial charge in [0.2, 0.25) is 5.91 Å². The molecule has 1 aromatic carbocycles. The maximum Gasteiger partial charge on any atom is 0.410 e. The number of hydrogen-bond donors (Lipinski definition) is 0. The monoisotopic (exact) mass is 400 g/mol. The smallest absolute Gasteiger partial charge is 0.410 e. The number of nitrogens with zero attached hydrogens (tertiary/aromatic N) is 2. The number of hydrogen-bond acceptors (Lipinski definition) is 3. The Balaban J connectivity index is 2.13. The molecule has 2 rings (SSSR count). The van der Waals surface area contributed by atoms with Crippen molar-refractivity contribution in [3.63, 3.8) is 0 Å². The number of likely N-dealkylation sites (tertiary alicyclic amines) is 1. The fourth-order valence-corrected chi connectivity index (χ4v) is 3.50. The Hall–Kier alpha value is -1.46. The molecular formula is C19H26Cl2N2O3. The first-order valence-electron chi connectivity index (χ1n) is 8.77. The van der Waals surface area contributed by atoms with E-state index in [0.29, 0.717) is 28.6 Å². The summed E-state index contributed by atoms with van der Waals surface area (Å²) in [6.45, 7) is 6.26. The molecule has 1 aromatic rings. The minimum Gasteiger partial charge on any atom is -0.444 e. The zero-order valence-corrected chi connectivity index (χ0v) is 17.2. The van der Waals surface area contributed by atoms with Crippen molar-refractivity contribution in [3.8, 4) is 0 Å². The van der Waals surface area contributed by atoms with Gasteiger partial charge in [0.15, 0.2) is 0 Å². The number of ether oxygens (including phenoxy) is 1. The Kier molecular flexibility index (Phi) is 6.80. The Morgan fingerprint density at radius 3 is 2.42 bits per heavy atom. The van der Waals surface area contributed by atoms with E-state index in [9.17, 15) is 9.59 Å². The van der Waals surface area contributed by atoms with Crippen LogP contribution in [0.4, 0.5) is 4.79 Å². The second kappa shape index (κ2) is 8.49. The van der Waals surface area contributed by atoms with E-state index in [4.69, 9.17) is 27.9 Å². The number of carbonyl (C=O) groups is 2. The van der Waals surface area contributed by atoms with E-state index < -0.39 is 17.7 Å². The van der Waals surface area contributed by atoms with Gasteiger partial charge in [0.25, 0.3) is 0 Å². The average molecular weight is 401 g/mol. The molecule has 5 nitrogen and oxygen atoms in total. The van der Waals surface area contributed by atoms with Gasteiger partial charge in [-0.25, -0.2) is 4.79 Å². The first-order chi connectivity index (χ1) is 12.1. The summed E-state index contributed by atoms with van der Waals surface area (Å²) in [5.74, 6) is -0.133. The van der Waals surface area contributed by atoms with E-state index in [0.717, 1.165) is 12.8 Å². The van der Waals surface area contributed by atoms with Crippen LogP contribution in [0.5, 0.6) is 0 Å². The van der Waals surface area contributed by atoms with E-state index in [-0.39, 0.29) is 12.5 Å². The second-order valence-electron chi connectivity index (χ2n) is 7.58. The Bertz CT molecular complexity index is 653. The third-order valence-electron chi connectivity index (χ3n) is 4.25. The van der Waals surface area contributed by atoms with Gasteiger partial charge in [-0.15, -0.1) is 0 Å². The van der Waals surface area contributed by atoms with E-state index in [1.54, 1.807) is 35.0 Å². The maximum absolute atomic E-state index is 13.0. The number of carbonyl (C=O) groups excluding carboxylic acids is 2. The largest absolute Gasteiger partial charge is 0.444 e. The molecule has 7 heteroatoms. The van der Waals surface area contributed by atoms with Crippen LogP contribution in [0.15, 0.2) is 18.2 Å².